The number of fused-ring (bicyclic) bond motifs is 1. The third-order valence-corrected chi connectivity index (χ3v) is 6.33. The van der Waals surface area contributed by atoms with Gasteiger partial charge < -0.3 is 15.6 Å². The Morgan fingerprint density at radius 2 is 2.00 bits per heavy atom. The summed E-state index contributed by atoms with van der Waals surface area (Å²) in [5, 5.41) is 6.07. The van der Waals surface area contributed by atoms with E-state index in [1.807, 2.05) is 6.92 Å². The smallest absolute Gasteiger partial charge is 0.257 e. The molecule has 0 bridgehead atoms. The van der Waals surface area contributed by atoms with E-state index in [9.17, 15) is 18.8 Å². The van der Waals surface area contributed by atoms with Crippen LogP contribution < -0.4 is 16.2 Å². The van der Waals surface area contributed by atoms with Gasteiger partial charge in [0.25, 0.3) is 5.56 Å². The molecule has 0 spiro atoms. The van der Waals surface area contributed by atoms with Gasteiger partial charge in [-0.15, -0.1) is 0 Å². The second kappa shape index (κ2) is 9.13. The van der Waals surface area contributed by atoms with E-state index in [1.54, 1.807) is 30.3 Å². The molecule has 1 atom stereocenters. The van der Waals surface area contributed by atoms with Crippen molar-refractivity contribution < 1.29 is 14.0 Å². The summed E-state index contributed by atoms with van der Waals surface area (Å²) in [6.45, 7) is 1.84. The van der Waals surface area contributed by atoms with Crippen LogP contribution in [0.4, 0.5) is 15.9 Å². The molecule has 3 N–H and O–H groups in total. The highest BCUT2D eigenvalue weighted by Crippen LogP contribution is 2.31. The van der Waals surface area contributed by atoms with Crippen LogP contribution in [0.5, 0.6) is 0 Å². The van der Waals surface area contributed by atoms with Crippen LogP contribution in [-0.4, -0.2) is 21.8 Å². The number of amides is 2. The normalized spacial score (nSPS) is 15.1. The highest BCUT2D eigenvalue weighted by Gasteiger charge is 2.34. The molecule has 3 aromatic rings. The largest absolute Gasteiger partial charge is 0.325 e. The molecule has 0 aliphatic carbocycles. The first-order valence-corrected chi connectivity index (χ1v) is 11.0. The first-order valence-electron chi connectivity index (χ1n) is 9.68. The number of H-pyrrole nitrogens is 1. The molecule has 2 heterocycles. The summed E-state index contributed by atoms with van der Waals surface area (Å²) in [5.41, 5.74) is 1.77. The van der Waals surface area contributed by atoms with Gasteiger partial charge in [-0.2, -0.15) is 0 Å². The summed E-state index contributed by atoms with van der Waals surface area (Å²) < 4.78 is 13.1. The Bertz CT molecular complexity index is 1260. The lowest BCUT2D eigenvalue weighted by atomic mass is 9.92. The standard InChI is InChI=1S/C22H18ClFN4O3S/c1-11-2-7-14(8-16(11)23)25-20(30)15-9-17(29)26-19-18(15)21(31)28-22(27-19)32-10-12-3-5-13(24)6-4-12/h2-8,15H,9-10H2,1H3,(H,25,30)(H2,26,27,28,29,31)/t15-/m1/s1. The lowest BCUT2D eigenvalue weighted by Gasteiger charge is -2.23. The van der Waals surface area contributed by atoms with E-state index in [0.29, 0.717) is 16.5 Å². The molecule has 1 aliphatic heterocycles. The first-order chi connectivity index (χ1) is 15.3. The number of thioether (sulfide) groups is 1. The van der Waals surface area contributed by atoms with Gasteiger partial charge in [0.15, 0.2) is 5.16 Å². The van der Waals surface area contributed by atoms with Gasteiger partial charge in [0, 0.05) is 22.9 Å². The topological polar surface area (TPSA) is 104 Å². The second-order valence-electron chi connectivity index (χ2n) is 7.31. The lowest BCUT2D eigenvalue weighted by molar-refractivity contribution is -0.123. The maximum atomic E-state index is 13.1. The monoisotopic (exact) mass is 472 g/mol. The number of aryl methyl sites for hydroxylation is 1. The molecular weight excluding hydrogens is 455 g/mol. The number of carbonyl (C=O) groups is 2. The van der Waals surface area contributed by atoms with Gasteiger partial charge >= 0.3 is 0 Å². The number of halogens is 2. The number of nitrogens with one attached hydrogen (secondary N) is 3. The number of nitrogens with zero attached hydrogens (tertiary/aromatic N) is 1. The zero-order valence-corrected chi connectivity index (χ0v) is 18.4. The molecular formula is C22H18ClFN4O3S. The highest BCUT2D eigenvalue weighted by molar-refractivity contribution is 7.98. The predicted molar refractivity (Wildman–Crippen MR) is 122 cm³/mol. The van der Waals surface area contributed by atoms with E-state index in [1.165, 1.54) is 23.9 Å². The minimum atomic E-state index is -0.994. The molecule has 10 heteroatoms. The first kappa shape index (κ1) is 22.0. The number of hydrogen-bond acceptors (Lipinski definition) is 5. The maximum absolute atomic E-state index is 13.1. The average Bonchev–Trinajstić information content (AvgIpc) is 2.75. The van der Waals surface area contributed by atoms with Crippen LogP contribution in [0.2, 0.25) is 5.02 Å². The minimum Gasteiger partial charge on any atom is -0.325 e. The molecule has 1 aromatic heterocycles. The molecule has 164 valence electrons. The van der Waals surface area contributed by atoms with Crippen molar-refractivity contribution >= 4 is 46.7 Å². The number of aromatic nitrogens is 2. The number of anilines is 2. The Hall–Kier alpha value is -3.17. The van der Waals surface area contributed by atoms with E-state index in [2.05, 4.69) is 20.6 Å². The van der Waals surface area contributed by atoms with Crippen LogP contribution in [0, 0.1) is 12.7 Å². The SMILES string of the molecule is Cc1ccc(NC(=O)[C@@H]2CC(=O)Nc3nc(SCc4ccc(F)cc4)[nH]c(=O)c32)cc1Cl. The molecule has 4 rings (SSSR count). The van der Waals surface area contributed by atoms with Gasteiger partial charge in [-0.05, 0) is 42.3 Å². The van der Waals surface area contributed by atoms with Gasteiger partial charge in [0.2, 0.25) is 11.8 Å². The van der Waals surface area contributed by atoms with E-state index in [0.717, 1.165) is 11.1 Å². The van der Waals surface area contributed by atoms with E-state index in [-0.39, 0.29) is 28.8 Å². The van der Waals surface area contributed by atoms with Crippen LogP contribution >= 0.6 is 23.4 Å². The van der Waals surface area contributed by atoms with Gasteiger partial charge in [-0.3, -0.25) is 14.4 Å². The second-order valence-corrected chi connectivity index (χ2v) is 8.68. The maximum Gasteiger partial charge on any atom is 0.257 e. The number of benzene rings is 2. The molecule has 7 nitrogen and oxygen atoms in total. The van der Waals surface area contributed by atoms with Crippen molar-refractivity contribution in [3.63, 3.8) is 0 Å². The predicted octanol–water partition coefficient (Wildman–Crippen LogP) is 4.23. The average molecular weight is 473 g/mol. The van der Waals surface area contributed by atoms with E-state index < -0.39 is 23.3 Å². The number of aromatic amines is 1. The fourth-order valence-corrected chi connectivity index (χ4v) is 4.27. The summed E-state index contributed by atoms with van der Waals surface area (Å²) in [5.74, 6) is -1.74. The van der Waals surface area contributed by atoms with Crippen LogP contribution in [-0.2, 0) is 15.3 Å². The molecule has 0 radical (unpaired) electrons. The van der Waals surface area contributed by atoms with E-state index >= 15 is 0 Å². The number of carbonyl (C=O) groups excluding carboxylic acids is 2. The van der Waals surface area contributed by atoms with Crippen LogP contribution in [0.15, 0.2) is 52.4 Å². The zero-order valence-electron chi connectivity index (χ0n) is 16.9. The highest BCUT2D eigenvalue weighted by atomic mass is 35.5. The minimum absolute atomic E-state index is 0.0636. The molecule has 2 aromatic carbocycles. The molecule has 0 fully saturated rings. The molecule has 32 heavy (non-hydrogen) atoms. The lowest BCUT2D eigenvalue weighted by Crippen LogP contribution is -2.36. The molecule has 0 unspecified atom stereocenters. The number of rotatable bonds is 5. The fraction of sp³-hybridized carbons (Fsp3) is 0.182. The van der Waals surface area contributed by atoms with Crippen LogP contribution in [0.25, 0.3) is 0 Å². The van der Waals surface area contributed by atoms with Crippen molar-refractivity contribution in [2.24, 2.45) is 0 Å². The van der Waals surface area contributed by atoms with Crippen LogP contribution in [0.1, 0.15) is 29.0 Å². The molecule has 0 saturated carbocycles. The third-order valence-electron chi connectivity index (χ3n) is 4.97. The third kappa shape index (κ3) is 4.84. The van der Waals surface area contributed by atoms with Gasteiger partial charge in [-0.1, -0.05) is 41.6 Å². The quantitative estimate of drug-likeness (QED) is 0.381. The Kier molecular flexibility index (Phi) is 6.29. The Balaban J connectivity index is 1.56. The number of hydrogen-bond donors (Lipinski definition) is 3. The summed E-state index contributed by atoms with van der Waals surface area (Å²) >= 11 is 7.34. The van der Waals surface area contributed by atoms with Gasteiger partial charge in [-0.25, -0.2) is 9.37 Å². The van der Waals surface area contributed by atoms with Crippen molar-refractivity contribution in [3.05, 3.63) is 80.3 Å². The summed E-state index contributed by atoms with van der Waals surface area (Å²) in [7, 11) is 0. The van der Waals surface area contributed by atoms with Crippen LogP contribution in [0.3, 0.4) is 0 Å². The van der Waals surface area contributed by atoms with Gasteiger partial charge in [0.1, 0.15) is 11.6 Å². The van der Waals surface area contributed by atoms with Gasteiger partial charge in [0.05, 0.1) is 11.5 Å². The molecule has 1 aliphatic rings. The Morgan fingerprint density at radius 1 is 1.25 bits per heavy atom. The van der Waals surface area contributed by atoms with Crippen molar-refractivity contribution in [3.8, 4) is 0 Å². The van der Waals surface area contributed by atoms with Crippen molar-refractivity contribution in [2.75, 3.05) is 10.6 Å². The van der Waals surface area contributed by atoms with E-state index in [4.69, 9.17) is 11.6 Å². The van der Waals surface area contributed by atoms with Crippen molar-refractivity contribution in [2.45, 2.75) is 30.2 Å². The fourth-order valence-electron chi connectivity index (χ4n) is 3.28. The molecule has 2 amide bonds. The summed E-state index contributed by atoms with van der Waals surface area (Å²) in [6.07, 6.45) is -0.175. The Morgan fingerprint density at radius 3 is 2.72 bits per heavy atom. The zero-order chi connectivity index (χ0) is 22.8. The van der Waals surface area contributed by atoms with Crippen molar-refractivity contribution in [1.29, 1.82) is 0 Å². The molecule has 0 saturated heterocycles. The Labute approximate surface area is 191 Å². The summed E-state index contributed by atoms with van der Waals surface area (Å²) in [6, 6.07) is 11.0. The summed E-state index contributed by atoms with van der Waals surface area (Å²) in [4.78, 5) is 44.9. The van der Waals surface area contributed by atoms with Crippen molar-refractivity contribution in [1.82, 2.24) is 9.97 Å².